The molecule has 0 spiro atoms. The molecule has 2 rings (SSSR count). The number of aromatic nitrogens is 1. The monoisotopic (exact) mass is 276 g/mol. The molecule has 0 radical (unpaired) electrons. The number of rotatable bonds is 4. The second-order valence-corrected chi connectivity index (χ2v) is 4.42. The van der Waals surface area contributed by atoms with Crippen molar-refractivity contribution in [2.75, 3.05) is 32.8 Å². The lowest BCUT2D eigenvalue weighted by atomic mass is 10.2. The number of halogens is 3. The first-order valence-corrected chi connectivity index (χ1v) is 6.04. The highest BCUT2D eigenvalue weighted by Gasteiger charge is 2.39. The Kier molecular flexibility index (Phi) is 4.26. The van der Waals surface area contributed by atoms with Crippen molar-refractivity contribution >= 4 is 5.78 Å². The maximum atomic E-state index is 12.2. The van der Waals surface area contributed by atoms with Crippen molar-refractivity contribution in [2.45, 2.75) is 12.7 Å². The summed E-state index contributed by atoms with van der Waals surface area (Å²) in [6, 6.07) is 1.20. The molecule has 0 aliphatic carbocycles. The summed E-state index contributed by atoms with van der Waals surface area (Å²) in [4.78, 5) is 13.2. The predicted molar refractivity (Wildman–Crippen MR) is 62.1 cm³/mol. The van der Waals surface area contributed by atoms with Crippen LogP contribution >= 0.6 is 0 Å². The van der Waals surface area contributed by atoms with Gasteiger partial charge in [0.2, 0.25) is 0 Å². The van der Waals surface area contributed by atoms with Gasteiger partial charge < -0.3 is 9.30 Å². The number of alkyl halides is 3. The quantitative estimate of drug-likeness (QED) is 0.783. The molecule has 0 aromatic carbocycles. The fraction of sp³-hybridized carbons (Fsp3) is 0.583. The lowest BCUT2D eigenvalue weighted by Gasteiger charge is -2.26. The minimum absolute atomic E-state index is 0.311. The van der Waals surface area contributed by atoms with Gasteiger partial charge in [-0.05, 0) is 6.07 Å². The van der Waals surface area contributed by atoms with E-state index in [9.17, 15) is 18.0 Å². The second-order valence-electron chi connectivity index (χ2n) is 4.42. The molecule has 1 fully saturated rings. The predicted octanol–water partition coefficient (Wildman–Crippen LogP) is 1.57. The van der Waals surface area contributed by atoms with Gasteiger partial charge in [-0.15, -0.1) is 0 Å². The fourth-order valence-electron chi connectivity index (χ4n) is 1.96. The van der Waals surface area contributed by atoms with Crippen molar-refractivity contribution in [1.29, 1.82) is 0 Å². The van der Waals surface area contributed by atoms with Gasteiger partial charge in [0.15, 0.2) is 0 Å². The zero-order valence-electron chi connectivity index (χ0n) is 10.3. The summed E-state index contributed by atoms with van der Waals surface area (Å²) in [6.45, 7) is 4.32. The molecule has 0 saturated carbocycles. The van der Waals surface area contributed by atoms with Crippen molar-refractivity contribution in [1.82, 2.24) is 9.47 Å². The van der Waals surface area contributed by atoms with Gasteiger partial charge >= 0.3 is 6.18 Å². The molecular weight excluding hydrogens is 261 g/mol. The normalized spacial score (nSPS) is 17.6. The molecule has 7 heteroatoms. The van der Waals surface area contributed by atoms with Gasteiger partial charge in [0.05, 0.1) is 13.2 Å². The van der Waals surface area contributed by atoms with E-state index in [0.29, 0.717) is 19.8 Å². The average Bonchev–Trinajstić information content (AvgIpc) is 2.84. The molecule has 19 heavy (non-hydrogen) atoms. The lowest BCUT2D eigenvalue weighted by molar-refractivity contribution is -0.0885. The van der Waals surface area contributed by atoms with Crippen LogP contribution in [-0.4, -0.2) is 54.3 Å². The number of morpholine rings is 1. The van der Waals surface area contributed by atoms with Gasteiger partial charge in [0, 0.05) is 44.1 Å². The molecular formula is C12H15F3N2O2. The van der Waals surface area contributed by atoms with E-state index in [1.54, 1.807) is 4.57 Å². The van der Waals surface area contributed by atoms with Crippen LogP contribution in [0.15, 0.2) is 18.5 Å². The molecule has 0 bridgehead atoms. The first kappa shape index (κ1) is 14.1. The summed E-state index contributed by atoms with van der Waals surface area (Å²) >= 11 is 0. The SMILES string of the molecule is O=C(c1ccn(CCN2CCOCC2)c1)C(F)(F)F. The summed E-state index contributed by atoms with van der Waals surface area (Å²) in [5, 5.41) is 0. The van der Waals surface area contributed by atoms with Crippen molar-refractivity contribution in [3.8, 4) is 0 Å². The topological polar surface area (TPSA) is 34.5 Å². The Labute approximate surface area is 108 Å². The molecule has 1 aliphatic rings. The van der Waals surface area contributed by atoms with E-state index in [4.69, 9.17) is 4.74 Å². The van der Waals surface area contributed by atoms with Gasteiger partial charge in [-0.3, -0.25) is 9.69 Å². The third-order valence-electron chi connectivity index (χ3n) is 3.05. The number of nitrogens with zero attached hydrogens (tertiary/aromatic N) is 2. The fourth-order valence-corrected chi connectivity index (χ4v) is 1.96. The van der Waals surface area contributed by atoms with E-state index in [2.05, 4.69) is 4.90 Å². The number of ether oxygens (including phenoxy) is 1. The molecule has 0 N–H and O–H groups in total. The van der Waals surface area contributed by atoms with Crippen LogP contribution in [0.1, 0.15) is 10.4 Å². The van der Waals surface area contributed by atoms with Crippen LogP contribution in [0.25, 0.3) is 0 Å². The highest BCUT2D eigenvalue weighted by atomic mass is 19.4. The number of hydrogen-bond donors (Lipinski definition) is 0. The smallest absolute Gasteiger partial charge is 0.379 e. The molecule has 2 heterocycles. The van der Waals surface area contributed by atoms with E-state index in [-0.39, 0.29) is 5.56 Å². The standard InChI is InChI=1S/C12H15F3N2O2/c13-12(14,15)11(18)10-1-2-17(9-10)4-3-16-5-7-19-8-6-16/h1-2,9H,3-8H2. The number of hydrogen-bond acceptors (Lipinski definition) is 3. The largest absolute Gasteiger partial charge is 0.454 e. The van der Waals surface area contributed by atoms with E-state index in [1.165, 1.54) is 18.5 Å². The van der Waals surface area contributed by atoms with Gasteiger partial charge in [0.25, 0.3) is 5.78 Å². The summed E-state index contributed by atoms with van der Waals surface area (Å²) in [7, 11) is 0. The van der Waals surface area contributed by atoms with Crippen LogP contribution in [0.3, 0.4) is 0 Å². The number of ketones is 1. The Balaban J connectivity index is 1.88. The summed E-state index contributed by atoms with van der Waals surface area (Å²) in [6.07, 6.45) is -2.06. The van der Waals surface area contributed by atoms with Crippen molar-refractivity contribution < 1.29 is 22.7 Å². The Hall–Kier alpha value is -1.34. The van der Waals surface area contributed by atoms with E-state index >= 15 is 0 Å². The van der Waals surface area contributed by atoms with Crippen molar-refractivity contribution in [2.24, 2.45) is 0 Å². The summed E-state index contributed by atoms with van der Waals surface area (Å²) < 4.78 is 43.5. The Bertz CT molecular complexity index is 436. The van der Waals surface area contributed by atoms with Gasteiger partial charge in [-0.25, -0.2) is 0 Å². The molecule has 0 atom stereocenters. The van der Waals surface area contributed by atoms with Crippen LogP contribution in [0, 0.1) is 0 Å². The first-order chi connectivity index (χ1) is 8.97. The third kappa shape index (κ3) is 3.81. The molecule has 106 valence electrons. The van der Waals surface area contributed by atoms with Crippen molar-refractivity contribution in [3.63, 3.8) is 0 Å². The lowest BCUT2D eigenvalue weighted by Crippen LogP contribution is -2.38. The highest BCUT2D eigenvalue weighted by Crippen LogP contribution is 2.21. The second kappa shape index (κ2) is 5.75. The molecule has 1 aromatic rings. The highest BCUT2D eigenvalue weighted by molar-refractivity contribution is 6.00. The third-order valence-corrected chi connectivity index (χ3v) is 3.05. The molecule has 1 saturated heterocycles. The van der Waals surface area contributed by atoms with Crippen molar-refractivity contribution in [3.05, 3.63) is 24.0 Å². The number of carbonyl (C=O) groups excluding carboxylic acids is 1. The van der Waals surface area contributed by atoms with Crippen LogP contribution in [-0.2, 0) is 11.3 Å². The molecule has 0 amide bonds. The number of Topliss-reactive ketones (excluding diaryl/α,β-unsaturated/α-hetero) is 1. The Morgan fingerprint density at radius 3 is 2.58 bits per heavy atom. The van der Waals surface area contributed by atoms with Crippen LogP contribution in [0.2, 0.25) is 0 Å². The molecule has 4 nitrogen and oxygen atoms in total. The molecule has 1 aliphatic heterocycles. The average molecular weight is 276 g/mol. The van der Waals surface area contributed by atoms with Gasteiger partial charge in [-0.2, -0.15) is 13.2 Å². The van der Waals surface area contributed by atoms with E-state index < -0.39 is 12.0 Å². The van der Waals surface area contributed by atoms with Gasteiger partial charge in [0.1, 0.15) is 0 Å². The Morgan fingerprint density at radius 2 is 1.95 bits per heavy atom. The van der Waals surface area contributed by atoms with Gasteiger partial charge in [-0.1, -0.05) is 0 Å². The van der Waals surface area contributed by atoms with Crippen LogP contribution < -0.4 is 0 Å². The zero-order valence-corrected chi connectivity index (χ0v) is 10.3. The summed E-state index contributed by atoms with van der Waals surface area (Å²) in [5.74, 6) is -1.79. The Morgan fingerprint density at radius 1 is 1.26 bits per heavy atom. The van der Waals surface area contributed by atoms with Crippen LogP contribution in [0.4, 0.5) is 13.2 Å². The first-order valence-electron chi connectivity index (χ1n) is 6.04. The summed E-state index contributed by atoms with van der Waals surface area (Å²) in [5.41, 5.74) is -0.311. The minimum atomic E-state index is -4.81. The maximum absolute atomic E-state index is 12.2. The minimum Gasteiger partial charge on any atom is -0.379 e. The van der Waals surface area contributed by atoms with E-state index in [1.807, 2.05) is 0 Å². The zero-order chi connectivity index (χ0) is 13.9. The molecule has 0 unspecified atom stereocenters. The maximum Gasteiger partial charge on any atom is 0.454 e. The molecule has 1 aromatic heterocycles. The van der Waals surface area contributed by atoms with Crippen LogP contribution in [0.5, 0.6) is 0 Å². The number of carbonyl (C=O) groups is 1. The van der Waals surface area contributed by atoms with E-state index in [0.717, 1.165) is 19.6 Å².